The molecule has 0 radical (unpaired) electrons. The maximum Gasteiger partial charge on any atom is 0.422 e. The molecular weight excluding hydrogens is 463 g/mol. The molecule has 0 aliphatic carbocycles. The molecule has 0 N–H and O–H groups in total. The molecule has 1 aliphatic rings. The number of piperazine rings is 1. The van der Waals surface area contributed by atoms with Gasteiger partial charge in [-0.1, -0.05) is 11.6 Å². The maximum absolute atomic E-state index is 12.3. The number of rotatable bonds is 6. The Balaban J connectivity index is 1.64. The van der Waals surface area contributed by atoms with E-state index in [1.807, 2.05) is 25.1 Å². The molecule has 0 saturated carbocycles. The molecule has 12 heteroatoms. The fourth-order valence-corrected chi connectivity index (χ4v) is 3.99. The van der Waals surface area contributed by atoms with Crippen LogP contribution in [0.3, 0.4) is 0 Å². The molecule has 1 fully saturated rings. The number of nitriles is 1. The molecule has 178 valence electrons. The fourth-order valence-electron chi connectivity index (χ4n) is 3.72. The van der Waals surface area contributed by atoms with Crippen LogP contribution in [0.1, 0.15) is 35.4 Å². The second-order valence-corrected chi connectivity index (χ2v) is 8.33. The highest BCUT2D eigenvalue weighted by molar-refractivity contribution is 6.30. The first-order valence-corrected chi connectivity index (χ1v) is 10.6. The van der Waals surface area contributed by atoms with Crippen molar-refractivity contribution < 1.29 is 27.1 Å². The minimum absolute atomic E-state index is 0.0423. The van der Waals surface area contributed by atoms with Crippen molar-refractivity contribution in [3.8, 4) is 6.07 Å². The summed E-state index contributed by atoms with van der Waals surface area (Å²) in [5.41, 5.74) is 2.89. The molecule has 33 heavy (non-hydrogen) atoms. The van der Waals surface area contributed by atoms with Crippen LogP contribution in [0.4, 0.5) is 18.0 Å². The lowest BCUT2D eigenvalue weighted by atomic mass is 9.99. The highest BCUT2D eigenvalue weighted by Crippen LogP contribution is 2.25. The zero-order chi connectivity index (χ0) is 24.2. The summed E-state index contributed by atoms with van der Waals surface area (Å²) in [6, 6.07) is 5.34. The first kappa shape index (κ1) is 24.8. The number of carbonyl (C=O) groups excluding carboxylic acids is 1. The van der Waals surface area contributed by atoms with E-state index in [2.05, 4.69) is 19.8 Å². The molecule has 0 unspecified atom stereocenters. The van der Waals surface area contributed by atoms with Gasteiger partial charge in [0.05, 0.1) is 12.5 Å². The third kappa shape index (κ3) is 6.82. The van der Waals surface area contributed by atoms with Gasteiger partial charge in [-0.05, 0) is 42.7 Å². The van der Waals surface area contributed by atoms with Crippen LogP contribution in [0.15, 0.2) is 16.5 Å². The summed E-state index contributed by atoms with van der Waals surface area (Å²) < 4.78 is 46.8. The summed E-state index contributed by atoms with van der Waals surface area (Å²) in [5, 5.41) is 17.1. The van der Waals surface area contributed by atoms with Crippen molar-refractivity contribution in [2.24, 2.45) is 0 Å². The monoisotopic (exact) mass is 485 g/mol. The summed E-state index contributed by atoms with van der Waals surface area (Å²) in [6.45, 7) is 3.90. The first-order chi connectivity index (χ1) is 15.6. The van der Waals surface area contributed by atoms with Crippen LogP contribution in [0.25, 0.3) is 0 Å². The lowest BCUT2D eigenvalue weighted by Gasteiger charge is -2.39. The van der Waals surface area contributed by atoms with Gasteiger partial charge >= 0.3 is 12.3 Å². The van der Waals surface area contributed by atoms with E-state index in [0.717, 1.165) is 16.7 Å². The van der Waals surface area contributed by atoms with Crippen LogP contribution in [0.5, 0.6) is 0 Å². The van der Waals surface area contributed by atoms with E-state index in [9.17, 15) is 18.0 Å². The smallest absolute Gasteiger partial charge is 0.422 e. The summed E-state index contributed by atoms with van der Waals surface area (Å²) in [5.74, 6) is 0.643. The van der Waals surface area contributed by atoms with Crippen LogP contribution in [0.2, 0.25) is 5.02 Å². The largest absolute Gasteiger partial charge is 0.440 e. The molecule has 0 spiro atoms. The van der Waals surface area contributed by atoms with Gasteiger partial charge in [0.25, 0.3) is 0 Å². The van der Waals surface area contributed by atoms with Gasteiger partial charge in [-0.3, -0.25) is 4.90 Å². The summed E-state index contributed by atoms with van der Waals surface area (Å²) in [4.78, 5) is 15.4. The zero-order valence-electron chi connectivity index (χ0n) is 18.2. The molecule has 3 rings (SSSR count). The van der Waals surface area contributed by atoms with E-state index >= 15 is 0 Å². The number of nitrogens with zero attached hydrogens (tertiary/aromatic N) is 5. The van der Waals surface area contributed by atoms with Gasteiger partial charge in [0.1, 0.15) is 6.42 Å². The second-order valence-electron chi connectivity index (χ2n) is 7.90. The summed E-state index contributed by atoms with van der Waals surface area (Å²) in [7, 11) is 0. The molecule has 8 nitrogen and oxygen atoms in total. The number of carbonyl (C=O) groups is 1. The van der Waals surface area contributed by atoms with Crippen molar-refractivity contribution >= 4 is 17.7 Å². The van der Waals surface area contributed by atoms with Crippen molar-refractivity contribution in [1.82, 2.24) is 20.0 Å². The predicted octanol–water partition coefficient (Wildman–Crippen LogP) is 3.89. The third-order valence-electron chi connectivity index (χ3n) is 5.37. The summed E-state index contributed by atoms with van der Waals surface area (Å²) >= 11 is 6.34. The molecular formula is C21H23ClF3N5O3. The van der Waals surface area contributed by atoms with E-state index < -0.39 is 18.9 Å². The van der Waals surface area contributed by atoms with Gasteiger partial charge in [-0.25, -0.2) is 4.79 Å². The number of hydrogen-bond acceptors (Lipinski definition) is 7. The van der Waals surface area contributed by atoms with Gasteiger partial charge in [0.2, 0.25) is 11.8 Å². The Labute approximate surface area is 193 Å². The molecule has 1 aliphatic heterocycles. The summed E-state index contributed by atoms with van der Waals surface area (Å²) in [6.07, 6.45) is -5.11. The number of ether oxygens (including phenoxy) is 1. The average molecular weight is 486 g/mol. The minimum Gasteiger partial charge on any atom is -0.440 e. The van der Waals surface area contributed by atoms with E-state index in [0.29, 0.717) is 37.0 Å². The van der Waals surface area contributed by atoms with Crippen molar-refractivity contribution in [3.63, 3.8) is 0 Å². The normalized spacial score (nSPS) is 17.1. The maximum atomic E-state index is 12.3. The van der Waals surface area contributed by atoms with Gasteiger partial charge < -0.3 is 14.1 Å². The molecule has 0 bridgehead atoms. The Hall–Kier alpha value is -2.84. The predicted molar refractivity (Wildman–Crippen MR) is 111 cm³/mol. The van der Waals surface area contributed by atoms with E-state index in [1.54, 1.807) is 6.92 Å². The number of alkyl halides is 3. The Morgan fingerprint density at radius 3 is 2.67 bits per heavy atom. The topological polar surface area (TPSA) is 95.5 Å². The first-order valence-electron chi connectivity index (χ1n) is 10.2. The van der Waals surface area contributed by atoms with Gasteiger partial charge in [-0.15, -0.1) is 10.2 Å². The van der Waals surface area contributed by atoms with Crippen molar-refractivity contribution in [3.05, 3.63) is 45.6 Å². The highest BCUT2D eigenvalue weighted by Gasteiger charge is 2.33. The molecule has 2 aromatic rings. The Morgan fingerprint density at radius 2 is 2.00 bits per heavy atom. The van der Waals surface area contributed by atoms with Crippen LogP contribution in [-0.4, -0.2) is 64.5 Å². The molecule has 1 amide bonds. The van der Waals surface area contributed by atoms with Crippen molar-refractivity contribution in [1.29, 1.82) is 5.26 Å². The lowest BCUT2D eigenvalue weighted by molar-refractivity contribution is -0.163. The zero-order valence-corrected chi connectivity index (χ0v) is 18.9. The molecule has 1 aromatic heterocycles. The van der Waals surface area contributed by atoms with Crippen LogP contribution in [0, 0.1) is 18.3 Å². The fraction of sp³-hybridized carbons (Fsp3) is 0.524. The minimum atomic E-state index is -4.55. The van der Waals surface area contributed by atoms with Crippen molar-refractivity contribution in [2.75, 3.05) is 26.2 Å². The number of benzene rings is 1. The van der Waals surface area contributed by atoms with E-state index in [-0.39, 0.29) is 24.9 Å². The number of amides is 1. The third-order valence-corrected chi connectivity index (χ3v) is 5.59. The van der Waals surface area contributed by atoms with E-state index in [1.165, 1.54) is 4.90 Å². The Morgan fingerprint density at radius 1 is 1.30 bits per heavy atom. The van der Waals surface area contributed by atoms with E-state index in [4.69, 9.17) is 21.3 Å². The number of hydrogen-bond donors (Lipinski definition) is 0. The van der Waals surface area contributed by atoms with Gasteiger partial charge in [0.15, 0.2) is 6.61 Å². The standard InChI is InChI=1S/C21H23ClF3N5O3/c1-13-10-29(5-6-30(13)20(31)32-12-21(23,24)25)11-16-8-17(22)7-15(14(16)2)9-19-28-27-18(33-19)3-4-26/h7-8,13H,3,5-6,9-12H2,1-2H3/t13-/m0/s1. The van der Waals surface area contributed by atoms with Gasteiger partial charge in [0, 0.05) is 37.2 Å². The SMILES string of the molecule is Cc1c(Cc2nnc(CC#N)o2)cc(Cl)cc1CN1CCN(C(=O)OCC(F)(F)F)[C@@H](C)C1. The second kappa shape index (κ2) is 10.4. The lowest BCUT2D eigenvalue weighted by Crippen LogP contribution is -2.54. The quantitative estimate of drug-likeness (QED) is 0.612. The van der Waals surface area contributed by atoms with Crippen LogP contribution < -0.4 is 0 Å². The van der Waals surface area contributed by atoms with Crippen LogP contribution >= 0.6 is 11.6 Å². The van der Waals surface area contributed by atoms with Crippen LogP contribution in [-0.2, 0) is 24.1 Å². The highest BCUT2D eigenvalue weighted by atomic mass is 35.5. The molecule has 1 saturated heterocycles. The number of aromatic nitrogens is 2. The Kier molecular flexibility index (Phi) is 7.81. The number of halogens is 4. The molecule has 1 atom stereocenters. The average Bonchev–Trinajstić information content (AvgIpc) is 3.16. The molecule has 1 aromatic carbocycles. The van der Waals surface area contributed by atoms with Crippen molar-refractivity contribution in [2.45, 2.75) is 45.5 Å². The molecule has 2 heterocycles. The Bertz CT molecular complexity index is 1040. The van der Waals surface area contributed by atoms with Gasteiger partial charge in [-0.2, -0.15) is 18.4 Å².